The Hall–Kier alpha value is 0.390. The standard InChI is InChI=1S/C13H20BrClN2S/c1-9(2)17-5-3-10(4-6-17)16-8-11-7-12(14)13(15)18-11/h7,9-10,16H,3-6,8H2,1-2H3. The molecule has 2 heterocycles. The number of piperidine rings is 1. The highest BCUT2D eigenvalue weighted by atomic mass is 79.9. The van der Waals surface area contributed by atoms with E-state index in [1.165, 1.54) is 30.8 Å². The van der Waals surface area contributed by atoms with Gasteiger partial charge in [-0.25, -0.2) is 0 Å². The lowest BCUT2D eigenvalue weighted by Gasteiger charge is -2.34. The van der Waals surface area contributed by atoms with Crippen molar-refractivity contribution < 1.29 is 0 Å². The van der Waals surface area contributed by atoms with E-state index >= 15 is 0 Å². The number of nitrogens with one attached hydrogen (secondary N) is 1. The lowest BCUT2D eigenvalue weighted by atomic mass is 10.0. The normalized spacial score (nSPS) is 18.7. The van der Waals surface area contributed by atoms with E-state index < -0.39 is 0 Å². The van der Waals surface area contributed by atoms with E-state index in [2.05, 4.69) is 46.1 Å². The number of rotatable bonds is 4. The molecule has 0 atom stereocenters. The van der Waals surface area contributed by atoms with E-state index in [-0.39, 0.29) is 0 Å². The van der Waals surface area contributed by atoms with Crippen molar-refractivity contribution in [3.8, 4) is 0 Å². The Morgan fingerprint density at radius 3 is 2.67 bits per heavy atom. The molecule has 1 N–H and O–H groups in total. The second-order valence-electron chi connectivity index (χ2n) is 5.12. The fourth-order valence-corrected chi connectivity index (χ4v) is 4.08. The highest BCUT2D eigenvalue weighted by molar-refractivity contribution is 9.10. The topological polar surface area (TPSA) is 15.3 Å². The van der Waals surface area contributed by atoms with Crippen molar-refractivity contribution in [1.82, 2.24) is 10.2 Å². The lowest BCUT2D eigenvalue weighted by Crippen LogP contribution is -2.44. The second kappa shape index (κ2) is 6.71. The summed E-state index contributed by atoms with van der Waals surface area (Å²) in [5.41, 5.74) is 0. The zero-order chi connectivity index (χ0) is 13.1. The van der Waals surface area contributed by atoms with Crippen LogP contribution in [0.25, 0.3) is 0 Å². The van der Waals surface area contributed by atoms with Crippen LogP contribution >= 0.6 is 38.9 Å². The van der Waals surface area contributed by atoms with Crippen molar-refractivity contribution >= 4 is 38.9 Å². The lowest BCUT2D eigenvalue weighted by molar-refractivity contribution is 0.161. The minimum Gasteiger partial charge on any atom is -0.309 e. The van der Waals surface area contributed by atoms with Gasteiger partial charge in [-0.2, -0.15) is 0 Å². The molecule has 0 radical (unpaired) electrons. The van der Waals surface area contributed by atoms with Gasteiger partial charge in [-0.15, -0.1) is 11.3 Å². The van der Waals surface area contributed by atoms with E-state index in [1.807, 2.05) is 0 Å². The zero-order valence-electron chi connectivity index (χ0n) is 10.9. The van der Waals surface area contributed by atoms with Crippen LogP contribution in [0.5, 0.6) is 0 Å². The molecule has 1 aromatic heterocycles. The van der Waals surface area contributed by atoms with Gasteiger partial charge in [0.05, 0.1) is 0 Å². The van der Waals surface area contributed by atoms with Crippen LogP contribution in [0.2, 0.25) is 4.34 Å². The largest absolute Gasteiger partial charge is 0.309 e. The van der Waals surface area contributed by atoms with E-state index in [0.717, 1.165) is 15.4 Å². The van der Waals surface area contributed by atoms with Gasteiger partial charge in [-0.1, -0.05) is 11.6 Å². The predicted molar refractivity (Wildman–Crippen MR) is 83.6 cm³/mol. The maximum atomic E-state index is 6.04. The fourth-order valence-electron chi connectivity index (χ4n) is 2.34. The van der Waals surface area contributed by atoms with Crippen molar-refractivity contribution in [2.45, 2.75) is 45.3 Å². The van der Waals surface area contributed by atoms with E-state index in [1.54, 1.807) is 11.3 Å². The van der Waals surface area contributed by atoms with Gasteiger partial charge in [-0.3, -0.25) is 0 Å². The minimum absolute atomic E-state index is 0.652. The first-order valence-electron chi connectivity index (χ1n) is 6.47. The van der Waals surface area contributed by atoms with Crippen molar-refractivity contribution in [3.63, 3.8) is 0 Å². The number of hydrogen-bond donors (Lipinski definition) is 1. The number of thiophene rings is 1. The highest BCUT2D eigenvalue weighted by Crippen LogP contribution is 2.32. The Bertz CT molecular complexity index is 367. The van der Waals surface area contributed by atoms with Crippen LogP contribution in [0.1, 0.15) is 31.6 Å². The van der Waals surface area contributed by atoms with Crippen LogP contribution in [0.3, 0.4) is 0 Å². The van der Waals surface area contributed by atoms with Crippen molar-refractivity contribution in [3.05, 3.63) is 19.8 Å². The third-order valence-electron chi connectivity index (χ3n) is 3.52. The molecule has 0 saturated carbocycles. The molecule has 0 aliphatic carbocycles. The van der Waals surface area contributed by atoms with Crippen molar-refractivity contribution in [1.29, 1.82) is 0 Å². The monoisotopic (exact) mass is 350 g/mol. The van der Waals surface area contributed by atoms with E-state index in [9.17, 15) is 0 Å². The average molecular weight is 352 g/mol. The molecule has 1 fully saturated rings. The van der Waals surface area contributed by atoms with Crippen LogP contribution in [0.4, 0.5) is 0 Å². The molecule has 2 rings (SSSR count). The minimum atomic E-state index is 0.652. The highest BCUT2D eigenvalue weighted by Gasteiger charge is 2.20. The fraction of sp³-hybridized carbons (Fsp3) is 0.692. The maximum absolute atomic E-state index is 6.04. The van der Waals surface area contributed by atoms with Gasteiger partial charge in [0.2, 0.25) is 0 Å². The molecular formula is C13H20BrClN2S. The summed E-state index contributed by atoms with van der Waals surface area (Å²) < 4.78 is 1.86. The Balaban J connectivity index is 1.75. The van der Waals surface area contributed by atoms with Gasteiger partial charge in [0, 0.05) is 28.0 Å². The summed E-state index contributed by atoms with van der Waals surface area (Å²) in [6.07, 6.45) is 2.50. The predicted octanol–water partition coefficient (Wildman–Crippen LogP) is 4.13. The van der Waals surface area contributed by atoms with Gasteiger partial charge in [0.15, 0.2) is 0 Å². The van der Waals surface area contributed by atoms with E-state index in [4.69, 9.17) is 11.6 Å². The molecule has 102 valence electrons. The first kappa shape index (κ1) is 14.8. The molecule has 0 spiro atoms. The van der Waals surface area contributed by atoms with Crippen LogP contribution in [0, 0.1) is 0 Å². The molecule has 0 bridgehead atoms. The maximum Gasteiger partial charge on any atom is 0.107 e. The quantitative estimate of drug-likeness (QED) is 0.877. The van der Waals surface area contributed by atoms with Crippen LogP contribution in [-0.2, 0) is 6.54 Å². The molecule has 1 saturated heterocycles. The molecule has 1 aliphatic heterocycles. The first-order chi connectivity index (χ1) is 8.56. The Kier molecular flexibility index (Phi) is 5.51. The van der Waals surface area contributed by atoms with Gasteiger partial charge >= 0.3 is 0 Å². The summed E-state index contributed by atoms with van der Waals surface area (Å²) in [6, 6.07) is 3.45. The third kappa shape index (κ3) is 3.94. The van der Waals surface area contributed by atoms with Crippen LogP contribution in [-0.4, -0.2) is 30.1 Å². The molecule has 1 aromatic rings. The zero-order valence-corrected chi connectivity index (χ0v) is 14.0. The summed E-state index contributed by atoms with van der Waals surface area (Å²) in [5, 5.41) is 3.64. The van der Waals surface area contributed by atoms with Gasteiger partial charge in [0.1, 0.15) is 4.34 Å². The number of halogens is 2. The van der Waals surface area contributed by atoms with Crippen LogP contribution in [0.15, 0.2) is 10.5 Å². The van der Waals surface area contributed by atoms with Crippen molar-refractivity contribution in [2.24, 2.45) is 0 Å². The molecule has 18 heavy (non-hydrogen) atoms. The SMILES string of the molecule is CC(C)N1CCC(NCc2cc(Br)c(Cl)s2)CC1. The number of hydrogen-bond acceptors (Lipinski definition) is 3. The molecule has 2 nitrogen and oxygen atoms in total. The molecule has 0 amide bonds. The molecule has 5 heteroatoms. The summed E-state index contributed by atoms with van der Waals surface area (Å²) in [7, 11) is 0. The van der Waals surface area contributed by atoms with E-state index in [0.29, 0.717) is 12.1 Å². The first-order valence-corrected chi connectivity index (χ1v) is 8.46. The molecular weight excluding hydrogens is 332 g/mol. The molecule has 0 aromatic carbocycles. The van der Waals surface area contributed by atoms with Gasteiger partial charge < -0.3 is 10.2 Å². The van der Waals surface area contributed by atoms with Gasteiger partial charge in [-0.05, 0) is 61.8 Å². The van der Waals surface area contributed by atoms with Crippen LogP contribution < -0.4 is 5.32 Å². The summed E-state index contributed by atoms with van der Waals surface area (Å²) in [5.74, 6) is 0. The summed E-state index contributed by atoms with van der Waals surface area (Å²) >= 11 is 11.1. The summed E-state index contributed by atoms with van der Waals surface area (Å²) in [6.45, 7) is 7.91. The van der Waals surface area contributed by atoms with Crippen molar-refractivity contribution in [2.75, 3.05) is 13.1 Å². The second-order valence-corrected chi connectivity index (χ2v) is 7.71. The summed E-state index contributed by atoms with van der Waals surface area (Å²) in [4.78, 5) is 3.86. The average Bonchev–Trinajstić information content (AvgIpc) is 2.67. The Morgan fingerprint density at radius 1 is 1.50 bits per heavy atom. The molecule has 1 aliphatic rings. The smallest absolute Gasteiger partial charge is 0.107 e. The number of nitrogens with zero attached hydrogens (tertiary/aromatic N) is 1. The van der Waals surface area contributed by atoms with Gasteiger partial charge in [0.25, 0.3) is 0 Å². The molecule has 0 unspecified atom stereocenters. The Morgan fingerprint density at radius 2 is 2.17 bits per heavy atom. The number of likely N-dealkylation sites (tertiary alicyclic amines) is 1. The Labute approximate surface area is 127 Å². The third-order valence-corrected chi connectivity index (χ3v) is 6.00.